The largest absolute Gasteiger partial charge is 0.489 e. The van der Waals surface area contributed by atoms with Crippen LogP contribution in [-0.2, 0) is 6.54 Å². The summed E-state index contributed by atoms with van der Waals surface area (Å²) in [4.78, 5) is 21.1. The summed E-state index contributed by atoms with van der Waals surface area (Å²) in [6, 6.07) is 7.36. The van der Waals surface area contributed by atoms with E-state index >= 15 is 0 Å². The number of hydrogen-bond donors (Lipinski definition) is 2. The molecular weight excluding hydrogens is 505 g/mol. The molecule has 4 rings (SSSR count). The van der Waals surface area contributed by atoms with E-state index in [9.17, 15) is 13.6 Å². The zero-order chi connectivity index (χ0) is 23.4. The molecule has 1 aliphatic rings. The maximum absolute atomic E-state index is 12.8. The van der Waals surface area contributed by atoms with E-state index in [4.69, 9.17) is 14.9 Å². The van der Waals surface area contributed by atoms with E-state index in [2.05, 4.69) is 20.0 Å². The van der Waals surface area contributed by atoms with Crippen LogP contribution < -0.4 is 20.5 Å². The lowest BCUT2D eigenvalue weighted by molar-refractivity contribution is -0.0515. The Bertz CT molecular complexity index is 1110. The van der Waals surface area contributed by atoms with Crippen molar-refractivity contribution < 1.29 is 27.5 Å². The van der Waals surface area contributed by atoms with Crippen molar-refractivity contribution in [3.8, 4) is 23.0 Å². The molecule has 0 bridgehead atoms. The van der Waals surface area contributed by atoms with Gasteiger partial charge < -0.3 is 24.9 Å². The van der Waals surface area contributed by atoms with E-state index < -0.39 is 18.6 Å². The highest BCUT2D eigenvalue weighted by Crippen LogP contribution is 2.37. The summed E-state index contributed by atoms with van der Waals surface area (Å²) in [5, 5.41) is 2.78. The quantitative estimate of drug-likeness (QED) is 0.382. The first-order valence-electron chi connectivity index (χ1n) is 10.6. The van der Waals surface area contributed by atoms with Crippen LogP contribution in [0.15, 0.2) is 47.1 Å². The Morgan fingerprint density at radius 1 is 1.20 bits per heavy atom. The average molecular weight is 531 g/mol. The minimum atomic E-state index is -2.98. The van der Waals surface area contributed by atoms with E-state index in [-0.39, 0.29) is 60.2 Å². The van der Waals surface area contributed by atoms with Crippen LogP contribution >= 0.6 is 24.8 Å². The summed E-state index contributed by atoms with van der Waals surface area (Å²) in [6.07, 6.45) is 5.35. The fourth-order valence-corrected chi connectivity index (χ4v) is 3.13. The molecule has 1 saturated carbocycles. The van der Waals surface area contributed by atoms with Crippen LogP contribution in [0.4, 0.5) is 8.78 Å². The summed E-state index contributed by atoms with van der Waals surface area (Å²) in [6.45, 7) is -0.627. The third-order valence-electron chi connectivity index (χ3n) is 5.06. The van der Waals surface area contributed by atoms with Gasteiger partial charge in [-0.2, -0.15) is 8.78 Å². The fraction of sp³-hybridized carbons (Fsp3) is 0.348. The van der Waals surface area contributed by atoms with Crippen molar-refractivity contribution in [2.75, 3.05) is 6.61 Å². The molecule has 3 aromatic rings. The van der Waals surface area contributed by atoms with E-state index in [0.717, 1.165) is 18.4 Å². The van der Waals surface area contributed by atoms with Gasteiger partial charge in [-0.05, 0) is 61.6 Å². The van der Waals surface area contributed by atoms with Crippen molar-refractivity contribution in [3.63, 3.8) is 0 Å². The van der Waals surface area contributed by atoms with Crippen LogP contribution in [0.25, 0.3) is 11.5 Å². The predicted molar refractivity (Wildman–Crippen MR) is 129 cm³/mol. The third kappa shape index (κ3) is 7.51. The summed E-state index contributed by atoms with van der Waals surface area (Å²) < 4.78 is 41.7. The summed E-state index contributed by atoms with van der Waals surface area (Å²) in [7, 11) is 0. The molecule has 1 aromatic carbocycles. The minimum Gasteiger partial charge on any atom is -0.489 e. The molecule has 190 valence electrons. The standard InChI is InChI=1S/C23H24F2N4O4.2ClH/c1-13(26)20-19(21(30)28-11-14-6-8-27-9-7-14)29-22(33-20)16-4-5-17(32-23(24)25)18(10-16)31-12-15-2-3-15;;/h4-10,13,15,23H,2-3,11-12,26H2,1H3,(H,28,30);2*1H/t13-;;/m0../s1. The van der Waals surface area contributed by atoms with Gasteiger partial charge in [-0.15, -0.1) is 24.8 Å². The second-order valence-corrected chi connectivity index (χ2v) is 7.85. The molecule has 0 saturated heterocycles. The van der Waals surface area contributed by atoms with Gasteiger partial charge in [0.05, 0.1) is 12.6 Å². The lowest BCUT2D eigenvalue weighted by Gasteiger charge is -2.12. The maximum Gasteiger partial charge on any atom is 0.387 e. The maximum atomic E-state index is 12.8. The van der Waals surface area contributed by atoms with Crippen molar-refractivity contribution in [1.82, 2.24) is 15.3 Å². The summed E-state index contributed by atoms with van der Waals surface area (Å²) in [5.74, 6) is 0.376. The molecule has 1 atom stereocenters. The SMILES string of the molecule is C[C@H](N)c1oc(-c2ccc(OC(F)F)c(OCC3CC3)c2)nc1C(=O)NCc1ccncc1.Cl.Cl. The molecule has 2 aromatic heterocycles. The van der Waals surface area contributed by atoms with Gasteiger partial charge in [0.2, 0.25) is 5.89 Å². The molecule has 12 heteroatoms. The third-order valence-corrected chi connectivity index (χ3v) is 5.06. The lowest BCUT2D eigenvalue weighted by Crippen LogP contribution is -2.25. The van der Waals surface area contributed by atoms with Crippen molar-refractivity contribution >= 4 is 30.7 Å². The predicted octanol–water partition coefficient (Wildman–Crippen LogP) is 4.92. The number of pyridine rings is 1. The number of ether oxygens (including phenoxy) is 2. The number of carbonyl (C=O) groups is 1. The van der Waals surface area contributed by atoms with Gasteiger partial charge >= 0.3 is 6.61 Å². The molecular formula is C23H26Cl2F2N4O4. The Hall–Kier alpha value is -2.95. The zero-order valence-electron chi connectivity index (χ0n) is 18.8. The van der Waals surface area contributed by atoms with Crippen LogP contribution in [0.3, 0.4) is 0 Å². The van der Waals surface area contributed by atoms with Crippen molar-refractivity contribution in [2.45, 2.75) is 39.0 Å². The molecule has 1 aliphatic carbocycles. The monoisotopic (exact) mass is 530 g/mol. The van der Waals surface area contributed by atoms with Gasteiger partial charge in [0.25, 0.3) is 5.91 Å². The molecule has 0 radical (unpaired) electrons. The Morgan fingerprint density at radius 2 is 1.91 bits per heavy atom. The number of rotatable bonds is 10. The zero-order valence-corrected chi connectivity index (χ0v) is 20.4. The number of amides is 1. The van der Waals surface area contributed by atoms with Crippen molar-refractivity contribution in [1.29, 1.82) is 0 Å². The number of carbonyl (C=O) groups excluding carboxylic acids is 1. The molecule has 1 fully saturated rings. The minimum absolute atomic E-state index is 0. The molecule has 8 nitrogen and oxygen atoms in total. The van der Waals surface area contributed by atoms with Crippen LogP contribution in [0.1, 0.15) is 47.6 Å². The Balaban J connectivity index is 0.00000216. The molecule has 0 spiro atoms. The van der Waals surface area contributed by atoms with Gasteiger partial charge in [0.15, 0.2) is 23.0 Å². The number of nitrogens with one attached hydrogen (secondary N) is 1. The molecule has 35 heavy (non-hydrogen) atoms. The number of alkyl halides is 2. The highest BCUT2D eigenvalue weighted by atomic mass is 35.5. The molecule has 0 unspecified atom stereocenters. The number of halogens is 4. The first-order chi connectivity index (χ1) is 15.9. The van der Waals surface area contributed by atoms with Crippen molar-refractivity contribution in [2.24, 2.45) is 11.7 Å². The van der Waals surface area contributed by atoms with E-state index in [1.165, 1.54) is 18.2 Å². The Kier molecular flexibility index (Phi) is 10.2. The first kappa shape index (κ1) is 28.3. The van der Waals surface area contributed by atoms with E-state index in [1.54, 1.807) is 31.5 Å². The van der Waals surface area contributed by atoms with Crippen LogP contribution in [0.5, 0.6) is 11.5 Å². The van der Waals surface area contributed by atoms with Gasteiger partial charge in [-0.3, -0.25) is 9.78 Å². The topological polar surface area (TPSA) is 113 Å². The molecule has 0 aliphatic heterocycles. The first-order valence-corrected chi connectivity index (χ1v) is 10.6. The number of nitrogens with two attached hydrogens (primary N) is 1. The van der Waals surface area contributed by atoms with Crippen molar-refractivity contribution in [3.05, 3.63) is 59.7 Å². The normalized spacial score (nSPS) is 13.4. The van der Waals surface area contributed by atoms with Crippen LogP contribution in [0, 0.1) is 5.92 Å². The highest BCUT2D eigenvalue weighted by molar-refractivity contribution is 5.94. The van der Waals surface area contributed by atoms with Gasteiger partial charge in [0.1, 0.15) is 0 Å². The van der Waals surface area contributed by atoms with Crippen LogP contribution in [-0.4, -0.2) is 29.1 Å². The molecule has 3 N–H and O–H groups in total. The number of benzene rings is 1. The van der Waals surface area contributed by atoms with Gasteiger partial charge in [-0.1, -0.05) is 0 Å². The van der Waals surface area contributed by atoms with Gasteiger partial charge in [-0.25, -0.2) is 4.98 Å². The number of hydrogen-bond acceptors (Lipinski definition) is 7. The fourth-order valence-electron chi connectivity index (χ4n) is 3.13. The van der Waals surface area contributed by atoms with Gasteiger partial charge in [0, 0.05) is 24.5 Å². The lowest BCUT2D eigenvalue weighted by atomic mass is 10.2. The highest BCUT2D eigenvalue weighted by Gasteiger charge is 2.26. The smallest absolute Gasteiger partial charge is 0.387 e. The Morgan fingerprint density at radius 3 is 2.54 bits per heavy atom. The number of nitrogens with zero attached hydrogens (tertiary/aromatic N) is 2. The number of oxazole rings is 1. The second kappa shape index (κ2) is 12.7. The average Bonchev–Trinajstić information content (AvgIpc) is 3.52. The summed E-state index contributed by atoms with van der Waals surface area (Å²) >= 11 is 0. The Labute approximate surface area is 213 Å². The number of aromatic nitrogens is 2. The second-order valence-electron chi connectivity index (χ2n) is 7.85. The van der Waals surface area contributed by atoms with Crippen LogP contribution in [0.2, 0.25) is 0 Å². The molecule has 2 heterocycles. The molecule has 1 amide bonds. The van der Waals surface area contributed by atoms with E-state index in [1.807, 2.05) is 0 Å². The van der Waals surface area contributed by atoms with E-state index in [0.29, 0.717) is 18.1 Å². The summed E-state index contributed by atoms with van der Waals surface area (Å²) in [5.41, 5.74) is 7.37.